The Morgan fingerprint density at radius 2 is 2.00 bits per heavy atom. The number of aliphatic hydroxyl groups excluding tert-OH is 1. The van der Waals surface area contributed by atoms with Crippen LogP contribution in [0.1, 0.15) is 6.92 Å². The fraction of sp³-hybridized carbons (Fsp3) is 0.0909. The van der Waals surface area contributed by atoms with Crippen LogP contribution in [0.4, 0.5) is 5.69 Å². The molecule has 16 heavy (non-hydrogen) atoms. The smallest absolute Gasteiger partial charge is 0.269 e. The zero-order valence-corrected chi connectivity index (χ0v) is 9.25. The molecule has 0 aliphatic heterocycles. The first kappa shape index (κ1) is 12.1. The van der Waals surface area contributed by atoms with Crippen molar-refractivity contribution >= 4 is 23.2 Å². The predicted octanol–water partition coefficient (Wildman–Crippen LogP) is 2.63. The Morgan fingerprint density at radius 3 is 2.44 bits per heavy atom. The molecule has 5 heteroatoms. The van der Waals surface area contributed by atoms with Gasteiger partial charge in [-0.05, 0) is 31.2 Å². The topological polar surface area (TPSA) is 73.1 Å². The zero-order valence-electron chi connectivity index (χ0n) is 8.49. The van der Waals surface area contributed by atoms with Crippen molar-refractivity contribution in [2.24, 2.45) is 0 Å². The second-order valence-electron chi connectivity index (χ2n) is 3.03. The second-order valence-corrected chi connectivity index (χ2v) is 3.47. The highest BCUT2D eigenvalue weighted by atomic mass is 35.5. The fourth-order valence-corrected chi connectivity index (χ4v) is 1.15. The number of nitrogens with one attached hydrogen (secondary N) is 1. The summed E-state index contributed by atoms with van der Waals surface area (Å²) in [4.78, 5) is 11.5. The van der Waals surface area contributed by atoms with Crippen LogP contribution < -0.4 is 5.32 Å². The van der Waals surface area contributed by atoms with Gasteiger partial charge in [0.25, 0.3) is 5.91 Å². The van der Waals surface area contributed by atoms with Gasteiger partial charge in [-0.3, -0.25) is 4.79 Å². The molecule has 0 radical (unpaired) electrons. The molecule has 0 spiro atoms. The van der Waals surface area contributed by atoms with Crippen molar-refractivity contribution in [3.8, 4) is 6.07 Å². The first-order valence-corrected chi connectivity index (χ1v) is 4.79. The molecule has 1 rings (SSSR count). The molecule has 1 aromatic carbocycles. The zero-order chi connectivity index (χ0) is 12.1. The molecule has 1 amide bonds. The number of hydrogen-bond donors (Lipinski definition) is 2. The molecule has 1 aromatic rings. The molecule has 82 valence electrons. The van der Waals surface area contributed by atoms with E-state index in [0.29, 0.717) is 10.7 Å². The van der Waals surface area contributed by atoms with E-state index in [0.717, 1.165) is 0 Å². The lowest BCUT2D eigenvalue weighted by atomic mass is 10.2. The van der Waals surface area contributed by atoms with Crippen LogP contribution in [-0.2, 0) is 4.79 Å². The molecule has 0 heterocycles. The number of nitrogens with zero attached hydrogens (tertiary/aromatic N) is 1. The monoisotopic (exact) mass is 236 g/mol. The summed E-state index contributed by atoms with van der Waals surface area (Å²) in [5, 5.41) is 20.7. The van der Waals surface area contributed by atoms with E-state index < -0.39 is 5.91 Å². The average Bonchev–Trinajstić information content (AvgIpc) is 2.22. The largest absolute Gasteiger partial charge is 0.511 e. The molecule has 0 aromatic heterocycles. The second kappa shape index (κ2) is 5.19. The van der Waals surface area contributed by atoms with Crippen LogP contribution in [0, 0.1) is 11.3 Å². The van der Waals surface area contributed by atoms with E-state index in [1.165, 1.54) is 6.92 Å². The van der Waals surface area contributed by atoms with Gasteiger partial charge in [0.2, 0.25) is 0 Å². The number of anilines is 1. The maximum absolute atomic E-state index is 11.5. The standard InChI is InChI=1S/C11H9ClN2O2/c1-7(15)10(6-13)11(16)14-9-4-2-8(12)3-5-9/h2-5,15H,1H3,(H,14,16). The summed E-state index contributed by atoms with van der Waals surface area (Å²) in [5.74, 6) is -0.959. The molecule has 0 aliphatic rings. The molecule has 0 bridgehead atoms. The summed E-state index contributed by atoms with van der Waals surface area (Å²) in [5.41, 5.74) is 0.193. The highest BCUT2D eigenvalue weighted by Gasteiger charge is 2.12. The molecule has 0 saturated heterocycles. The van der Waals surface area contributed by atoms with Gasteiger partial charge in [0.1, 0.15) is 11.8 Å². The fourth-order valence-electron chi connectivity index (χ4n) is 1.02. The van der Waals surface area contributed by atoms with Gasteiger partial charge >= 0.3 is 0 Å². The van der Waals surface area contributed by atoms with Gasteiger partial charge in [-0.2, -0.15) is 5.26 Å². The first-order valence-electron chi connectivity index (χ1n) is 4.41. The molecule has 0 aliphatic carbocycles. The number of hydrogen-bond acceptors (Lipinski definition) is 3. The van der Waals surface area contributed by atoms with E-state index in [1.54, 1.807) is 30.3 Å². The number of halogens is 1. The van der Waals surface area contributed by atoms with E-state index >= 15 is 0 Å². The third kappa shape index (κ3) is 3.01. The first-order chi connectivity index (χ1) is 7.54. The number of carbonyl (C=O) groups is 1. The van der Waals surface area contributed by atoms with Gasteiger partial charge in [0.05, 0.1) is 0 Å². The highest BCUT2D eigenvalue weighted by molar-refractivity contribution is 6.30. The number of carbonyl (C=O) groups excluding carboxylic acids is 1. The normalized spacial score (nSPS) is 11.3. The Kier molecular flexibility index (Phi) is 3.92. The predicted molar refractivity (Wildman–Crippen MR) is 61.0 cm³/mol. The molecule has 0 fully saturated rings. The Hall–Kier alpha value is -1.99. The summed E-state index contributed by atoms with van der Waals surface area (Å²) in [6, 6.07) is 8.04. The summed E-state index contributed by atoms with van der Waals surface area (Å²) >= 11 is 5.67. The quantitative estimate of drug-likeness (QED) is 0.471. The third-order valence-electron chi connectivity index (χ3n) is 1.80. The Labute approximate surface area is 97.8 Å². The minimum atomic E-state index is -0.648. The van der Waals surface area contributed by atoms with Crippen molar-refractivity contribution in [3.05, 3.63) is 40.6 Å². The van der Waals surface area contributed by atoms with Crippen molar-refractivity contribution < 1.29 is 9.90 Å². The SMILES string of the molecule is CC(O)=C(C#N)C(=O)Nc1ccc(Cl)cc1. The van der Waals surface area contributed by atoms with E-state index in [9.17, 15) is 4.79 Å². The molecule has 2 N–H and O–H groups in total. The van der Waals surface area contributed by atoms with Crippen LogP contribution in [0.25, 0.3) is 0 Å². The minimum Gasteiger partial charge on any atom is -0.511 e. The van der Waals surface area contributed by atoms with Gasteiger partial charge < -0.3 is 10.4 Å². The Morgan fingerprint density at radius 1 is 1.44 bits per heavy atom. The highest BCUT2D eigenvalue weighted by Crippen LogP contribution is 2.14. The van der Waals surface area contributed by atoms with Gasteiger partial charge in [0.15, 0.2) is 5.57 Å². The van der Waals surface area contributed by atoms with Gasteiger partial charge in [-0.1, -0.05) is 11.6 Å². The Balaban J connectivity index is 2.84. The van der Waals surface area contributed by atoms with Gasteiger partial charge in [-0.15, -0.1) is 0 Å². The molecule has 0 unspecified atom stereocenters. The Bertz CT molecular complexity index is 468. The van der Waals surface area contributed by atoms with E-state index in [-0.39, 0.29) is 11.3 Å². The molecule has 0 saturated carbocycles. The van der Waals surface area contributed by atoms with Crippen LogP contribution in [0.5, 0.6) is 0 Å². The molecule has 4 nitrogen and oxygen atoms in total. The van der Waals surface area contributed by atoms with Crippen LogP contribution >= 0.6 is 11.6 Å². The average molecular weight is 237 g/mol. The number of allylic oxidation sites excluding steroid dienone is 1. The maximum atomic E-state index is 11.5. The number of nitriles is 1. The van der Waals surface area contributed by atoms with Crippen molar-refractivity contribution in [2.75, 3.05) is 5.32 Å². The van der Waals surface area contributed by atoms with Crippen LogP contribution in [0.15, 0.2) is 35.6 Å². The van der Waals surface area contributed by atoms with Crippen LogP contribution in [0.3, 0.4) is 0 Å². The van der Waals surface area contributed by atoms with Gasteiger partial charge in [-0.25, -0.2) is 0 Å². The van der Waals surface area contributed by atoms with Crippen molar-refractivity contribution in [3.63, 3.8) is 0 Å². The lowest BCUT2D eigenvalue weighted by molar-refractivity contribution is -0.112. The van der Waals surface area contributed by atoms with E-state index in [1.807, 2.05) is 0 Å². The van der Waals surface area contributed by atoms with Crippen molar-refractivity contribution in [2.45, 2.75) is 6.92 Å². The van der Waals surface area contributed by atoms with Gasteiger partial charge in [0, 0.05) is 10.7 Å². The van der Waals surface area contributed by atoms with E-state index in [2.05, 4.69) is 5.32 Å². The molecule has 0 atom stereocenters. The lowest BCUT2D eigenvalue weighted by Gasteiger charge is -2.04. The minimum absolute atomic E-state index is 0.310. The summed E-state index contributed by atoms with van der Waals surface area (Å²) in [6.07, 6.45) is 0. The summed E-state index contributed by atoms with van der Waals surface area (Å²) in [6.45, 7) is 1.28. The number of rotatable bonds is 2. The van der Waals surface area contributed by atoms with Crippen LogP contribution in [-0.4, -0.2) is 11.0 Å². The van der Waals surface area contributed by atoms with Crippen molar-refractivity contribution in [1.82, 2.24) is 0 Å². The number of benzene rings is 1. The summed E-state index contributed by atoms with van der Waals surface area (Å²) < 4.78 is 0. The third-order valence-corrected chi connectivity index (χ3v) is 2.05. The number of amides is 1. The lowest BCUT2D eigenvalue weighted by Crippen LogP contribution is -2.14. The number of aliphatic hydroxyl groups is 1. The molecular weight excluding hydrogens is 228 g/mol. The van der Waals surface area contributed by atoms with Crippen molar-refractivity contribution in [1.29, 1.82) is 5.26 Å². The summed E-state index contributed by atoms with van der Waals surface area (Å²) in [7, 11) is 0. The van der Waals surface area contributed by atoms with Crippen LogP contribution in [0.2, 0.25) is 5.02 Å². The maximum Gasteiger partial charge on any atom is 0.269 e. The molecular formula is C11H9ClN2O2. The van der Waals surface area contributed by atoms with E-state index in [4.69, 9.17) is 22.0 Å².